The summed E-state index contributed by atoms with van der Waals surface area (Å²) in [6.45, 7) is 5.12. The molecule has 5 nitrogen and oxygen atoms in total. The van der Waals surface area contributed by atoms with Gasteiger partial charge >= 0.3 is 5.97 Å². The van der Waals surface area contributed by atoms with E-state index in [-0.39, 0.29) is 12.3 Å². The number of ether oxygens (including phenoxy) is 1. The molecule has 0 saturated heterocycles. The smallest absolute Gasteiger partial charge is 0.333 e. The number of esters is 1. The summed E-state index contributed by atoms with van der Waals surface area (Å²) in [7, 11) is 0. The van der Waals surface area contributed by atoms with Crippen LogP contribution < -0.4 is 0 Å². The molecule has 0 fully saturated rings. The quantitative estimate of drug-likeness (QED) is 0.347. The highest BCUT2D eigenvalue weighted by molar-refractivity contribution is 5.87. The van der Waals surface area contributed by atoms with Gasteiger partial charge in [0.25, 0.3) is 5.69 Å². The third kappa shape index (κ3) is 4.21. The lowest BCUT2D eigenvalue weighted by atomic mass is 10.2. The largest absolute Gasteiger partial charge is 0.458 e. The molecule has 0 aliphatic carbocycles. The van der Waals surface area contributed by atoms with Gasteiger partial charge in [0.05, 0.1) is 4.92 Å². The van der Waals surface area contributed by atoms with Crippen LogP contribution in [0.1, 0.15) is 12.5 Å². The van der Waals surface area contributed by atoms with Crippen LogP contribution in [0.15, 0.2) is 42.5 Å². The molecule has 0 aromatic heterocycles. The van der Waals surface area contributed by atoms with E-state index in [2.05, 4.69) is 6.58 Å². The van der Waals surface area contributed by atoms with Crippen LogP contribution in [0.3, 0.4) is 0 Å². The first-order valence-corrected chi connectivity index (χ1v) is 5.24. The van der Waals surface area contributed by atoms with Crippen molar-refractivity contribution in [2.24, 2.45) is 0 Å². The number of benzene rings is 1. The second-order valence-corrected chi connectivity index (χ2v) is 3.63. The van der Waals surface area contributed by atoms with Gasteiger partial charge in [0.15, 0.2) is 0 Å². The van der Waals surface area contributed by atoms with Crippen molar-refractivity contribution in [1.29, 1.82) is 0 Å². The number of non-ortho nitro benzene ring substituents is 1. The summed E-state index contributed by atoms with van der Waals surface area (Å²) in [5.74, 6) is -0.460. The van der Waals surface area contributed by atoms with E-state index in [0.29, 0.717) is 11.1 Å². The van der Waals surface area contributed by atoms with E-state index in [1.54, 1.807) is 31.2 Å². The predicted octanol–water partition coefficient (Wildman–Crippen LogP) is 2.73. The average molecular weight is 247 g/mol. The second-order valence-electron chi connectivity index (χ2n) is 3.63. The molecular weight excluding hydrogens is 234 g/mol. The fourth-order valence-corrected chi connectivity index (χ4v) is 1.17. The predicted molar refractivity (Wildman–Crippen MR) is 67.9 cm³/mol. The third-order valence-electron chi connectivity index (χ3n) is 2.05. The first kappa shape index (κ1) is 13.6. The second kappa shape index (κ2) is 6.34. The van der Waals surface area contributed by atoms with Gasteiger partial charge in [0.2, 0.25) is 0 Å². The molecule has 1 aromatic carbocycles. The summed E-state index contributed by atoms with van der Waals surface area (Å²) >= 11 is 0. The topological polar surface area (TPSA) is 69.4 Å². The third-order valence-corrected chi connectivity index (χ3v) is 2.05. The highest BCUT2D eigenvalue weighted by Crippen LogP contribution is 2.13. The van der Waals surface area contributed by atoms with Gasteiger partial charge in [-0.25, -0.2) is 4.79 Å². The van der Waals surface area contributed by atoms with E-state index in [0.717, 1.165) is 0 Å². The number of carbonyl (C=O) groups excluding carboxylic acids is 1. The van der Waals surface area contributed by atoms with Crippen LogP contribution in [0, 0.1) is 10.1 Å². The maximum atomic E-state index is 11.1. The van der Waals surface area contributed by atoms with E-state index >= 15 is 0 Å². The molecule has 0 radical (unpaired) electrons. The molecule has 0 atom stereocenters. The van der Waals surface area contributed by atoms with Crippen molar-refractivity contribution >= 4 is 17.7 Å². The fourth-order valence-electron chi connectivity index (χ4n) is 1.17. The van der Waals surface area contributed by atoms with Crippen LogP contribution in [0.5, 0.6) is 0 Å². The fraction of sp³-hybridized carbons (Fsp3) is 0.154. The lowest BCUT2D eigenvalue weighted by Gasteiger charge is -1.99. The summed E-state index contributed by atoms with van der Waals surface area (Å²) in [5, 5.41) is 10.5. The van der Waals surface area contributed by atoms with Crippen molar-refractivity contribution in [1.82, 2.24) is 0 Å². The maximum Gasteiger partial charge on any atom is 0.333 e. The molecule has 1 rings (SSSR count). The first-order chi connectivity index (χ1) is 8.50. The molecule has 0 spiro atoms. The van der Waals surface area contributed by atoms with E-state index in [4.69, 9.17) is 4.74 Å². The molecule has 1 aromatic rings. The van der Waals surface area contributed by atoms with E-state index in [9.17, 15) is 14.9 Å². The zero-order valence-electron chi connectivity index (χ0n) is 9.96. The molecule has 0 aliphatic rings. The normalized spacial score (nSPS) is 10.3. The van der Waals surface area contributed by atoms with Crippen LogP contribution in [-0.2, 0) is 9.53 Å². The molecule has 0 heterocycles. The zero-order valence-corrected chi connectivity index (χ0v) is 9.96. The molecular formula is C13H13NO4. The summed E-state index contributed by atoms with van der Waals surface area (Å²) in [4.78, 5) is 21.1. The summed E-state index contributed by atoms with van der Waals surface area (Å²) < 4.78 is 4.84. The van der Waals surface area contributed by atoms with Gasteiger partial charge in [-0.15, -0.1) is 0 Å². The molecule has 0 N–H and O–H groups in total. The Morgan fingerprint density at radius 3 is 2.89 bits per heavy atom. The molecule has 0 amide bonds. The Bertz CT molecular complexity index is 505. The number of nitro benzene ring substituents is 1. The van der Waals surface area contributed by atoms with Crippen LogP contribution in [0.2, 0.25) is 0 Å². The summed E-state index contributed by atoms with van der Waals surface area (Å²) in [6.07, 6.45) is 3.26. The molecule has 18 heavy (non-hydrogen) atoms. The van der Waals surface area contributed by atoms with Crippen molar-refractivity contribution < 1.29 is 14.5 Å². The lowest BCUT2D eigenvalue weighted by molar-refractivity contribution is -0.384. The van der Waals surface area contributed by atoms with Gasteiger partial charge in [-0.1, -0.05) is 24.8 Å². The SMILES string of the molecule is C=C(C)C(=O)OCC=Cc1cccc([N+](=O)[O-])c1. The van der Waals surface area contributed by atoms with Crippen molar-refractivity contribution in [3.05, 3.63) is 58.2 Å². The molecule has 0 unspecified atom stereocenters. The standard InChI is InChI=1S/C13H13NO4/c1-10(2)13(15)18-8-4-6-11-5-3-7-12(9-11)14(16)17/h3-7,9H,1,8H2,2H3. The van der Waals surface area contributed by atoms with Crippen LogP contribution in [0.25, 0.3) is 6.08 Å². The Hall–Kier alpha value is -2.43. The number of rotatable bonds is 5. The van der Waals surface area contributed by atoms with E-state index in [1.807, 2.05) is 0 Å². The summed E-state index contributed by atoms with van der Waals surface area (Å²) in [6, 6.07) is 6.18. The zero-order chi connectivity index (χ0) is 13.5. The molecule has 94 valence electrons. The molecule has 0 bridgehead atoms. The van der Waals surface area contributed by atoms with Crippen molar-refractivity contribution in [2.45, 2.75) is 6.92 Å². The number of nitro groups is 1. The highest BCUT2D eigenvalue weighted by atomic mass is 16.6. The van der Waals surface area contributed by atoms with Gasteiger partial charge in [-0.2, -0.15) is 0 Å². The Labute approximate surface area is 105 Å². The Morgan fingerprint density at radius 1 is 1.56 bits per heavy atom. The van der Waals surface area contributed by atoms with Crippen molar-refractivity contribution in [3.8, 4) is 0 Å². The molecule has 0 aliphatic heterocycles. The number of hydrogen-bond acceptors (Lipinski definition) is 4. The average Bonchev–Trinajstić information content (AvgIpc) is 2.34. The monoisotopic (exact) mass is 247 g/mol. The minimum Gasteiger partial charge on any atom is -0.458 e. The Kier molecular flexibility index (Phi) is 4.80. The Balaban J connectivity index is 2.57. The molecule has 0 saturated carbocycles. The number of hydrogen-bond donors (Lipinski definition) is 0. The number of carbonyl (C=O) groups is 1. The maximum absolute atomic E-state index is 11.1. The first-order valence-electron chi connectivity index (χ1n) is 5.24. The van der Waals surface area contributed by atoms with E-state index in [1.165, 1.54) is 12.1 Å². The lowest BCUT2D eigenvalue weighted by Crippen LogP contribution is -2.04. The van der Waals surface area contributed by atoms with Crippen molar-refractivity contribution in [3.63, 3.8) is 0 Å². The van der Waals surface area contributed by atoms with Gasteiger partial charge < -0.3 is 4.74 Å². The van der Waals surface area contributed by atoms with Gasteiger partial charge in [-0.05, 0) is 18.6 Å². The van der Waals surface area contributed by atoms with Crippen LogP contribution in [0.4, 0.5) is 5.69 Å². The van der Waals surface area contributed by atoms with Gasteiger partial charge in [0.1, 0.15) is 6.61 Å². The number of nitrogens with zero attached hydrogens (tertiary/aromatic N) is 1. The van der Waals surface area contributed by atoms with Crippen LogP contribution >= 0.6 is 0 Å². The Morgan fingerprint density at radius 2 is 2.28 bits per heavy atom. The van der Waals surface area contributed by atoms with Gasteiger partial charge in [-0.3, -0.25) is 10.1 Å². The van der Waals surface area contributed by atoms with Crippen LogP contribution in [-0.4, -0.2) is 17.5 Å². The minimum absolute atomic E-state index is 0.0241. The molecule has 5 heteroatoms. The van der Waals surface area contributed by atoms with E-state index < -0.39 is 10.9 Å². The highest BCUT2D eigenvalue weighted by Gasteiger charge is 2.03. The summed E-state index contributed by atoms with van der Waals surface area (Å²) in [5.41, 5.74) is 1.03. The van der Waals surface area contributed by atoms with Gasteiger partial charge in [0, 0.05) is 17.7 Å². The minimum atomic E-state index is -0.460. The van der Waals surface area contributed by atoms with Crippen molar-refractivity contribution in [2.75, 3.05) is 6.61 Å².